The Kier molecular flexibility index (Phi) is 8.05. The number of nitro groups is 1. The van der Waals surface area contributed by atoms with Gasteiger partial charge < -0.3 is 4.74 Å². The molecule has 0 saturated carbocycles. The number of nitro benzene ring substituents is 1. The number of hydrogen-bond donors (Lipinski definition) is 0. The number of hydrogen-bond acceptors (Lipinski definition) is 6. The summed E-state index contributed by atoms with van der Waals surface area (Å²) in [6.07, 6.45) is 1.77. The number of carbonyl (C=O) groups is 1. The first-order chi connectivity index (χ1) is 18.0. The van der Waals surface area contributed by atoms with Crippen molar-refractivity contribution in [3.8, 4) is 0 Å². The summed E-state index contributed by atoms with van der Waals surface area (Å²) < 4.78 is 35.5. The van der Waals surface area contributed by atoms with Gasteiger partial charge in [-0.2, -0.15) is 0 Å². The minimum Gasteiger partial charge on any atom is -0.463 e. The molecule has 0 fully saturated rings. The van der Waals surface area contributed by atoms with Crippen molar-refractivity contribution in [3.05, 3.63) is 122 Å². The number of benzene rings is 3. The van der Waals surface area contributed by atoms with Crippen LogP contribution < -0.4 is 0 Å². The van der Waals surface area contributed by atoms with Gasteiger partial charge in [0.05, 0.1) is 33.7 Å². The average Bonchev–Trinajstić information content (AvgIpc) is 3.30. The van der Waals surface area contributed by atoms with Crippen LogP contribution in [0.1, 0.15) is 24.0 Å². The molecule has 0 spiro atoms. The summed E-state index contributed by atoms with van der Waals surface area (Å²) in [6.45, 7) is 5.68. The SMILES string of the molecule is C=C(C(=O)OCC)[C@H]1[C@H](c2ccc(Cl)cc2)C=C(c2ccc(Br)cc2)N1S(=O)(=O)c1ccc([N+](=O)[O-])cc1. The third-order valence-corrected chi connectivity index (χ3v) is 8.65. The Bertz CT molecular complexity index is 1520. The van der Waals surface area contributed by atoms with Gasteiger partial charge in [0.1, 0.15) is 0 Å². The first kappa shape index (κ1) is 27.6. The van der Waals surface area contributed by atoms with Crippen LogP contribution in [0.4, 0.5) is 5.69 Å². The molecule has 8 nitrogen and oxygen atoms in total. The molecule has 1 heterocycles. The first-order valence-electron chi connectivity index (χ1n) is 11.4. The smallest absolute Gasteiger partial charge is 0.335 e. The third kappa shape index (κ3) is 5.38. The van der Waals surface area contributed by atoms with E-state index in [0.717, 1.165) is 20.9 Å². The van der Waals surface area contributed by atoms with Crippen molar-refractivity contribution in [3.63, 3.8) is 0 Å². The fraction of sp³-hybridized carbons (Fsp3) is 0.148. The molecule has 4 rings (SSSR count). The molecule has 3 aromatic carbocycles. The molecule has 0 bridgehead atoms. The lowest BCUT2D eigenvalue weighted by molar-refractivity contribution is -0.384. The van der Waals surface area contributed by atoms with Gasteiger partial charge in [-0.15, -0.1) is 0 Å². The average molecular weight is 618 g/mol. The number of nitrogens with zero attached hydrogens (tertiary/aromatic N) is 2. The highest BCUT2D eigenvalue weighted by Gasteiger charge is 2.46. The minimum atomic E-state index is -4.34. The zero-order valence-electron chi connectivity index (χ0n) is 20.1. The molecule has 0 aromatic heterocycles. The van der Waals surface area contributed by atoms with Crippen LogP contribution in [0, 0.1) is 10.1 Å². The van der Waals surface area contributed by atoms with E-state index in [9.17, 15) is 23.3 Å². The summed E-state index contributed by atoms with van der Waals surface area (Å²) in [7, 11) is -4.34. The summed E-state index contributed by atoms with van der Waals surface area (Å²) in [4.78, 5) is 23.3. The molecule has 3 aromatic rings. The molecule has 2 atom stereocenters. The number of rotatable bonds is 8. The van der Waals surface area contributed by atoms with E-state index in [1.54, 1.807) is 61.5 Å². The highest BCUT2D eigenvalue weighted by molar-refractivity contribution is 9.10. The number of sulfonamides is 1. The second-order valence-corrected chi connectivity index (χ2v) is 11.5. The summed E-state index contributed by atoms with van der Waals surface area (Å²) in [6, 6.07) is 17.5. The van der Waals surface area contributed by atoms with Gasteiger partial charge in [0, 0.05) is 27.5 Å². The van der Waals surface area contributed by atoms with E-state index < -0.39 is 32.9 Å². The highest BCUT2D eigenvalue weighted by Crippen LogP contribution is 2.46. The Morgan fingerprint density at radius 2 is 1.68 bits per heavy atom. The lowest BCUT2D eigenvalue weighted by atomic mass is 9.89. The molecule has 11 heteroatoms. The van der Waals surface area contributed by atoms with E-state index >= 15 is 0 Å². The quantitative estimate of drug-likeness (QED) is 0.127. The van der Waals surface area contributed by atoms with Gasteiger partial charge in [-0.1, -0.05) is 58.4 Å². The predicted molar refractivity (Wildman–Crippen MR) is 148 cm³/mol. The topological polar surface area (TPSA) is 107 Å². The second-order valence-electron chi connectivity index (χ2n) is 8.38. The van der Waals surface area contributed by atoms with Crippen LogP contribution in [0.2, 0.25) is 5.02 Å². The number of non-ortho nitro benzene ring substituents is 1. The summed E-state index contributed by atoms with van der Waals surface area (Å²) in [5.74, 6) is -1.35. The van der Waals surface area contributed by atoms with Crippen LogP contribution in [0.5, 0.6) is 0 Å². The van der Waals surface area contributed by atoms with Gasteiger partial charge in [0.15, 0.2) is 0 Å². The molecular formula is C27H22BrClN2O6S. The molecule has 0 saturated heterocycles. The number of ether oxygens (including phenoxy) is 1. The maximum atomic E-state index is 14.2. The van der Waals surface area contributed by atoms with E-state index in [1.807, 2.05) is 0 Å². The van der Waals surface area contributed by atoms with E-state index in [2.05, 4.69) is 22.5 Å². The molecule has 0 radical (unpaired) electrons. The molecular weight excluding hydrogens is 596 g/mol. The van der Waals surface area contributed by atoms with E-state index in [1.165, 1.54) is 12.1 Å². The van der Waals surface area contributed by atoms with Gasteiger partial charge in [-0.3, -0.25) is 14.4 Å². The van der Waals surface area contributed by atoms with Crippen molar-refractivity contribution in [1.29, 1.82) is 0 Å². The van der Waals surface area contributed by atoms with E-state index in [0.29, 0.717) is 21.8 Å². The minimum absolute atomic E-state index is 0.0550. The van der Waals surface area contributed by atoms with Crippen molar-refractivity contribution in [2.24, 2.45) is 0 Å². The van der Waals surface area contributed by atoms with Crippen molar-refractivity contribution >= 4 is 54.9 Å². The number of carbonyl (C=O) groups excluding carboxylic acids is 1. The van der Waals surface area contributed by atoms with Crippen molar-refractivity contribution in [2.45, 2.75) is 23.8 Å². The summed E-state index contributed by atoms with van der Waals surface area (Å²) in [5, 5.41) is 11.6. The Morgan fingerprint density at radius 1 is 1.08 bits per heavy atom. The maximum Gasteiger partial charge on any atom is 0.335 e. The van der Waals surface area contributed by atoms with Crippen LogP contribution in [-0.2, 0) is 19.6 Å². The van der Waals surface area contributed by atoms with Gasteiger partial charge in [-0.05, 0) is 60.5 Å². The van der Waals surface area contributed by atoms with Crippen LogP contribution in [-0.4, -0.2) is 36.3 Å². The molecule has 1 aliphatic heterocycles. The van der Waals surface area contributed by atoms with Crippen LogP contribution in [0.25, 0.3) is 5.70 Å². The van der Waals surface area contributed by atoms with E-state index in [4.69, 9.17) is 16.3 Å². The summed E-state index contributed by atoms with van der Waals surface area (Å²) >= 11 is 9.50. The highest BCUT2D eigenvalue weighted by atomic mass is 79.9. The molecule has 0 N–H and O–H groups in total. The molecule has 0 unspecified atom stereocenters. The van der Waals surface area contributed by atoms with Crippen LogP contribution in [0.3, 0.4) is 0 Å². The maximum absolute atomic E-state index is 14.2. The fourth-order valence-electron chi connectivity index (χ4n) is 4.27. The van der Waals surface area contributed by atoms with Gasteiger partial charge in [0.2, 0.25) is 0 Å². The standard InChI is InChI=1S/C27H22BrClN2O6S/c1-3-37-27(32)17(2)26-24(18-6-10-21(29)11-7-18)16-25(19-4-8-20(28)9-5-19)30(26)38(35,36)23-14-12-22(13-15-23)31(33)34/h4-16,24,26H,2-3H2,1H3/t24-,26-/m0/s1. The number of esters is 1. The normalized spacial score (nSPS) is 17.1. The zero-order chi connectivity index (χ0) is 27.6. The third-order valence-electron chi connectivity index (χ3n) is 6.06. The molecule has 38 heavy (non-hydrogen) atoms. The molecule has 0 amide bonds. The van der Waals surface area contributed by atoms with Crippen LogP contribution in [0.15, 0.2) is 100 Å². The van der Waals surface area contributed by atoms with Gasteiger partial charge in [-0.25, -0.2) is 13.2 Å². The zero-order valence-corrected chi connectivity index (χ0v) is 23.2. The second kappa shape index (κ2) is 11.1. The molecule has 1 aliphatic rings. The summed E-state index contributed by atoms with van der Waals surface area (Å²) in [5.41, 5.74) is 1.31. The first-order valence-corrected chi connectivity index (χ1v) is 14.0. The van der Waals surface area contributed by atoms with Gasteiger partial charge >= 0.3 is 5.97 Å². The Labute approximate surface area is 233 Å². The molecule has 196 valence electrons. The van der Waals surface area contributed by atoms with Crippen LogP contribution >= 0.6 is 27.5 Å². The van der Waals surface area contributed by atoms with E-state index in [-0.39, 0.29) is 22.8 Å². The lowest BCUT2D eigenvalue weighted by Crippen LogP contribution is -2.41. The van der Waals surface area contributed by atoms with Crippen molar-refractivity contribution in [2.75, 3.05) is 6.61 Å². The Morgan fingerprint density at radius 3 is 2.24 bits per heavy atom. The molecule has 0 aliphatic carbocycles. The largest absolute Gasteiger partial charge is 0.463 e. The van der Waals surface area contributed by atoms with Crippen molar-refractivity contribution < 1.29 is 22.9 Å². The van der Waals surface area contributed by atoms with Gasteiger partial charge in [0.25, 0.3) is 15.7 Å². The predicted octanol–water partition coefficient (Wildman–Crippen LogP) is 6.33. The lowest BCUT2D eigenvalue weighted by Gasteiger charge is -2.32. The van der Waals surface area contributed by atoms with Crippen molar-refractivity contribution in [1.82, 2.24) is 4.31 Å². The Hall–Kier alpha value is -3.47. The Balaban J connectivity index is 1.94. The number of halogens is 2. The monoisotopic (exact) mass is 616 g/mol. The fourth-order valence-corrected chi connectivity index (χ4v) is 6.35.